The molecule has 1 heterocycles. The molecule has 0 radical (unpaired) electrons. The summed E-state index contributed by atoms with van der Waals surface area (Å²) in [6.45, 7) is 5.44. The maximum absolute atomic E-state index is 12.9. The van der Waals surface area contributed by atoms with E-state index in [4.69, 9.17) is 26.8 Å². The van der Waals surface area contributed by atoms with E-state index >= 15 is 0 Å². The van der Waals surface area contributed by atoms with Crippen LogP contribution in [-0.4, -0.2) is 40.7 Å². The third kappa shape index (κ3) is 6.49. The lowest BCUT2D eigenvalue weighted by Gasteiger charge is -2.47. The van der Waals surface area contributed by atoms with E-state index in [0.717, 1.165) is 62.9 Å². The standard InChI is InChI=1S/C40H48ClN3O5/c1-25(23-48-34-11-18-43-33-8-3-5-26(2)35(33)34)19-28-20-27-9-10-31(49-24-38(12-13-38)36(42)45)22-32(27)39(28)14-16-40(17-15-39,37(46)47)44-30-7-4-6-29(41)21-30/h4,6-7,9-11,18,21-22,25-26,28,44H,3,5,8,12-17,19-20,23-24H2,1-2H3,(H2,42,45)(H,46,47)/t25-,26-,28?,39?,40?/m1/s1. The monoisotopic (exact) mass is 685 g/mol. The summed E-state index contributed by atoms with van der Waals surface area (Å²) in [5, 5.41) is 14.5. The number of hydrogen-bond acceptors (Lipinski definition) is 6. The summed E-state index contributed by atoms with van der Waals surface area (Å²) in [7, 11) is 0. The van der Waals surface area contributed by atoms with Crippen LogP contribution in [0.4, 0.5) is 5.69 Å². The lowest BCUT2D eigenvalue weighted by molar-refractivity contribution is -0.144. The Bertz CT molecular complexity index is 1730. The van der Waals surface area contributed by atoms with Gasteiger partial charge in [0.15, 0.2) is 0 Å². The van der Waals surface area contributed by atoms with Gasteiger partial charge in [-0.25, -0.2) is 4.79 Å². The largest absolute Gasteiger partial charge is 0.493 e. The highest BCUT2D eigenvalue weighted by Crippen LogP contribution is 2.57. The molecule has 0 saturated heterocycles. The Balaban J connectivity index is 1.13. The Morgan fingerprint density at radius 1 is 1.08 bits per heavy atom. The molecule has 1 aromatic heterocycles. The molecular weight excluding hydrogens is 638 g/mol. The minimum absolute atomic E-state index is 0.205. The molecule has 4 aliphatic carbocycles. The highest BCUT2D eigenvalue weighted by Gasteiger charge is 2.54. The number of fused-ring (bicyclic) bond motifs is 3. The number of benzene rings is 2. The number of aryl methyl sites for hydroxylation is 1. The number of nitrogens with one attached hydrogen (secondary N) is 1. The van der Waals surface area contributed by atoms with Gasteiger partial charge in [-0.05, 0) is 141 Å². The van der Waals surface area contributed by atoms with E-state index in [1.165, 1.54) is 28.8 Å². The van der Waals surface area contributed by atoms with Gasteiger partial charge in [-0.2, -0.15) is 0 Å². The fourth-order valence-corrected chi connectivity index (χ4v) is 9.19. The van der Waals surface area contributed by atoms with Crippen LogP contribution in [0.15, 0.2) is 54.7 Å². The summed E-state index contributed by atoms with van der Waals surface area (Å²) in [5.41, 5.74) is 9.54. The molecular formula is C40H48ClN3O5. The number of carbonyl (C=O) groups is 2. The molecule has 1 amide bonds. The van der Waals surface area contributed by atoms with Crippen LogP contribution in [0.25, 0.3) is 0 Å². The van der Waals surface area contributed by atoms with E-state index in [9.17, 15) is 14.7 Å². The van der Waals surface area contributed by atoms with Gasteiger partial charge in [0.05, 0.1) is 12.0 Å². The van der Waals surface area contributed by atoms with Crippen LogP contribution in [0, 0.1) is 17.3 Å². The van der Waals surface area contributed by atoms with Gasteiger partial charge in [0.25, 0.3) is 0 Å². The molecule has 2 aromatic carbocycles. The number of pyridine rings is 1. The van der Waals surface area contributed by atoms with Crippen LogP contribution >= 0.6 is 11.6 Å². The number of anilines is 1. The van der Waals surface area contributed by atoms with Crippen molar-refractivity contribution in [1.82, 2.24) is 4.98 Å². The first-order chi connectivity index (χ1) is 23.5. The summed E-state index contributed by atoms with van der Waals surface area (Å²) in [6.07, 6.45) is 11.0. The van der Waals surface area contributed by atoms with E-state index < -0.39 is 16.9 Å². The first-order valence-electron chi connectivity index (χ1n) is 18.0. The number of carboxylic acid groups (broad SMARTS) is 1. The topological polar surface area (TPSA) is 124 Å². The number of rotatable bonds is 12. The molecule has 2 saturated carbocycles. The van der Waals surface area contributed by atoms with E-state index in [-0.39, 0.29) is 23.8 Å². The van der Waals surface area contributed by atoms with Gasteiger partial charge in [-0.1, -0.05) is 37.6 Å². The Hall–Kier alpha value is -3.78. The molecule has 1 unspecified atom stereocenters. The minimum atomic E-state index is -1.09. The number of aromatic nitrogens is 1. The number of nitrogens with zero attached hydrogens (tertiary/aromatic N) is 1. The van der Waals surface area contributed by atoms with Gasteiger partial charge in [0, 0.05) is 28.2 Å². The number of hydrogen-bond donors (Lipinski definition) is 3. The Morgan fingerprint density at radius 3 is 2.59 bits per heavy atom. The fraction of sp³-hybridized carbons (Fsp3) is 0.525. The molecule has 260 valence electrons. The molecule has 0 bridgehead atoms. The molecule has 3 aromatic rings. The number of aliphatic carboxylic acids is 1. The average molecular weight is 686 g/mol. The van der Waals surface area contributed by atoms with Crippen LogP contribution in [0.1, 0.15) is 99.9 Å². The van der Waals surface area contributed by atoms with E-state index in [1.807, 2.05) is 30.5 Å². The highest BCUT2D eigenvalue weighted by atomic mass is 35.5. The summed E-state index contributed by atoms with van der Waals surface area (Å²) in [5.74, 6) is 1.62. The van der Waals surface area contributed by atoms with Crippen molar-refractivity contribution >= 4 is 29.2 Å². The minimum Gasteiger partial charge on any atom is -0.493 e. The average Bonchev–Trinajstić information content (AvgIpc) is 3.83. The van der Waals surface area contributed by atoms with Gasteiger partial charge >= 0.3 is 5.97 Å². The van der Waals surface area contributed by atoms with Crippen molar-refractivity contribution in [3.63, 3.8) is 0 Å². The molecule has 4 N–H and O–H groups in total. The summed E-state index contributed by atoms with van der Waals surface area (Å²) >= 11 is 6.27. The van der Waals surface area contributed by atoms with Crippen molar-refractivity contribution < 1.29 is 24.2 Å². The van der Waals surface area contributed by atoms with Crippen LogP contribution in [0.5, 0.6) is 11.5 Å². The SMILES string of the molecule is C[C@@H](COc1ccnc2c1[C@H](C)CCC2)CC1Cc2ccc(OCC3(C(N)=O)CC3)cc2C12CCC(Nc1cccc(Cl)c1)(C(=O)O)CC2. The van der Waals surface area contributed by atoms with Gasteiger partial charge in [0.2, 0.25) is 5.91 Å². The highest BCUT2D eigenvalue weighted by molar-refractivity contribution is 6.30. The van der Waals surface area contributed by atoms with Crippen molar-refractivity contribution in [3.05, 3.63) is 82.1 Å². The van der Waals surface area contributed by atoms with Crippen molar-refractivity contribution in [2.45, 2.75) is 101 Å². The van der Waals surface area contributed by atoms with Crippen molar-refractivity contribution in [2.75, 3.05) is 18.5 Å². The molecule has 2 fully saturated rings. The van der Waals surface area contributed by atoms with Gasteiger partial charge < -0.3 is 25.6 Å². The zero-order valence-electron chi connectivity index (χ0n) is 28.6. The van der Waals surface area contributed by atoms with Crippen LogP contribution in [0.2, 0.25) is 5.02 Å². The smallest absolute Gasteiger partial charge is 0.329 e. The molecule has 8 nitrogen and oxygen atoms in total. The quantitative estimate of drug-likeness (QED) is 0.177. The zero-order chi connectivity index (χ0) is 34.4. The summed E-state index contributed by atoms with van der Waals surface area (Å²) in [6, 6.07) is 15.7. The fourth-order valence-electron chi connectivity index (χ4n) is 9.00. The lowest BCUT2D eigenvalue weighted by Crippen LogP contribution is -2.53. The number of ether oxygens (including phenoxy) is 2. The molecule has 4 aliphatic rings. The van der Waals surface area contributed by atoms with Crippen molar-refractivity contribution in [3.8, 4) is 11.5 Å². The lowest BCUT2D eigenvalue weighted by atomic mass is 9.59. The first-order valence-corrected chi connectivity index (χ1v) is 18.3. The van der Waals surface area contributed by atoms with E-state index in [1.54, 1.807) is 12.1 Å². The Labute approximate surface area is 294 Å². The van der Waals surface area contributed by atoms with Crippen LogP contribution in [0.3, 0.4) is 0 Å². The molecule has 0 aliphatic heterocycles. The number of amides is 1. The molecule has 49 heavy (non-hydrogen) atoms. The zero-order valence-corrected chi connectivity index (χ0v) is 29.4. The van der Waals surface area contributed by atoms with E-state index in [2.05, 4.69) is 36.3 Å². The second-order valence-corrected chi connectivity index (χ2v) is 15.9. The third-order valence-electron chi connectivity index (χ3n) is 12.2. The first kappa shape index (κ1) is 33.7. The number of halogens is 1. The Morgan fingerprint density at radius 2 is 1.88 bits per heavy atom. The van der Waals surface area contributed by atoms with Crippen LogP contribution < -0.4 is 20.5 Å². The van der Waals surface area contributed by atoms with Crippen LogP contribution in [-0.2, 0) is 27.8 Å². The van der Waals surface area contributed by atoms with Crippen molar-refractivity contribution in [2.24, 2.45) is 23.0 Å². The maximum atomic E-state index is 12.9. The van der Waals surface area contributed by atoms with Gasteiger partial charge in [-0.3, -0.25) is 9.78 Å². The van der Waals surface area contributed by atoms with Gasteiger partial charge in [0.1, 0.15) is 23.6 Å². The molecule has 9 heteroatoms. The summed E-state index contributed by atoms with van der Waals surface area (Å²) < 4.78 is 12.8. The molecule has 1 spiro atoms. The number of primary amides is 1. The second kappa shape index (κ2) is 13.2. The summed E-state index contributed by atoms with van der Waals surface area (Å²) in [4.78, 5) is 29.6. The molecule has 3 atom stereocenters. The van der Waals surface area contributed by atoms with E-state index in [0.29, 0.717) is 42.0 Å². The number of carbonyl (C=O) groups excluding carboxylic acids is 1. The predicted molar refractivity (Wildman–Crippen MR) is 190 cm³/mol. The third-order valence-corrected chi connectivity index (χ3v) is 12.4. The second-order valence-electron chi connectivity index (χ2n) is 15.4. The Kier molecular flexibility index (Phi) is 9.05. The number of nitrogens with two attached hydrogens (primary N) is 1. The number of carboxylic acids is 1. The van der Waals surface area contributed by atoms with Gasteiger partial charge in [-0.15, -0.1) is 0 Å². The predicted octanol–water partition coefficient (Wildman–Crippen LogP) is 7.84. The normalized spacial score (nSPS) is 27.1. The maximum Gasteiger partial charge on any atom is 0.329 e. The molecule has 7 rings (SSSR count). The van der Waals surface area contributed by atoms with Crippen molar-refractivity contribution in [1.29, 1.82) is 0 Å².